The molecule has 0 saturated heterocycles. The van der Waals surface area contributed by atoms with E-state index >= 15 is 0 Å². The molecule has 3 aromatic rings. The second kappa shape index (κ2) is 10.3. The summed E-state index contributed by atoms with van der Waals surface area (Å²) in [5, 5.41) is 12.0. The molecule has 1 amide bonds. The van der Waals surface area contributed by atoms with Crippen LogP contribution < -0.4 is 15.6 Å². The normalized spacial score (nSPS) is 14.1. The SMILES string of the molecule is COc1cn(C(CC2CCC2)C(=O)Nc2ccc(C(=O)O)cc2)c(=O)cc1-c1c(F)cccc1Cl. The van der Waals surface area contributed by atoms with Gasteiger partial charge in [-0.2, -0.15) is 0 Å². The number of benzene rings is 2. The summed E-state index contributed by atoms with van der Waals surface area (Å²) < 4.78 is 21.3. The van der Waals surface area contributed by atoms with E-state index in [1.54, 1.807) is 0 Å². The average molecular weight is 499 g/mol. The second-order valence-corrected chi connectivity index (χ2v) is 8.93. The summed E-state index contributed by atoms with van der Waals surface area (Å²) in [6.07, 6.45) is 4.86. The topological polar surface area (TPSA) is 97.6 Å². The Morgan fingerprint density at radius 1 is 1.23 bits per heavy atom. The monoisotopic (exact) mass is 498 g/mol. The molecular weight excluding hydrogens is 475 g/mol. The van der Waals surface area contributed by atoms with E-state index in [1.807, 2.05) is 0 Å². The third-order valence-electron chi connectivity index (χ3n) is 6.32. The summed E-state index contributed by atoms with van der Waals surface area (Å²) in [4.78, 5) is 37.6. The van der Waals surface area contributed by atoms with Crippen molar-refractivity contribution >= 4 is 29.2 Å². The molecule has 0 spiro atoms. The Hall–Kier alpha value is -3.65. The van der Waals surface area contributed by atoms with Gasteiger partial charge in [0.25, 0.3) is 5.56 Å². The Bertz CT molecular complexity index is 1300. The lowest BCUT2D eigenvalue weighted by Gasteiger charge is -2.30. The predicted molar refractivity (Wildman–Crippen MR) is 131 cm³/mol. The molecule has 0 aliphatic heterocycles. The highest BCUT2D eigenvalue weighted by molar-refractivity contribution is 6.33. The van der Waals surface area contributed by atoms with Crippen molar-refractivity contribution in [3.8, 4) is 16.9 Å². The fourth-order valence-electron chi connectivity index (χ4n) is 4.20. The molecule has 2 aromatic carbocycles. The molecule has 9 heteroatoms. The lowest BCUT2D eigenvalue weighted by atomic mass is 9.80. The molecule has 2 N–H and O–H groups in total. The van der Waals surface area contributed by atoms with Gasteiger partial charge in [-0.05, 0) is 48.7 Å². The van der Waals surface area contributed by atoms with Crippen LogP contribution in [0, 0.1) is 11.7 Å². The van der Waals surface area contributed by atoms with Gasteiger partial charge in [-0.1, -0.05) is 36.9 Å². The highest BCUT2D eigenvalue weighted by Gasteiger charge is 2.30. The summed E-state index contributed by atoms with van der Waals surface area (Å²) >= 11 is 6.21. The zero-order chi connectivity index (χ0) is 25.1. The number of methoxy groups -OCH3 is 1. The number of hydrogen-bond donors (Lipinski definition) is 2. The molecule has 0 bridgehead atoms. The van der Waals surface area contributed by atoms with E-state index in [0.717, 1.165) is 19.3 Å². The highest BCUT2D eigenvalue weighted by Crippen LogP contribution is 2.38. The fourth-order valence-corrected chi connectivity index (χ4v) is 4.46. The molecule has 1 saturated carbocycles. The molecule has 1 aliphatic rings. The Kier molecular flexibility index (Phi) is 7.21. The number of hydrogen-bond acceptors (Lipinski definition) is 4. The standard InChI is InChI=1S/C26H24ClFN2O5/c1-35-22-14-30(23(31)13-18(22)24-19(27)6-3-7-20(24)28)21(12-15-4-2-5-15)25(32)29-17-10-8-16(9-11-17)26(33)34/h3,6-11,13-15,21H,2,4-5,12H2,1H3,(H,29,32)(H,33,34). The van der Waals surface area contributed by atoms with Crippen LogP contribution in [0.2, 0.25) is 5.02 Å². The van der Waals surface area contributed by atoms with Crippen molar-refractivity contribution < 1.29 is 23.8 Å². The van der Waals surface area contributed by atoms with Crippen LogP contribution in [0.1, 0.15) is 42.1 Å². The smallest absolute Gasteiger partial charge is 0.335 e. The van der Waals surface area contributed by atoms with Crippen LogP contribution in [0.5, 0.6) is 5.75 Å². The first-order chi connectivity index (χ1) is 16.8. The lowest BCUT2D eigenvalue weighted by Crippen LogP contribution is -2.35. The van der Waals surface area contributed by atoms with Gasteiger partial charge in [-0.25, -0.2) is 9.18 Å². The molecule has 1 aromatic heterocycles. The minimum Gasteiger partial charge on any atom is -0.495 e. The number of carboxylic acid groups (broad SMARTS) is 1. The van der Waals surface area contributed by atoms with Crippen LogP contribution in [-0.2, 0) is 4.79 Å². The van der Waals surface area contributed by atoms with Crippen LogP contribution in [0.25, 0.3) is 11.1 Å². The maximum absolute atomic E-state index is 14.6. The van der Waals surface area contributed by atoms with E-state index in [2.05, 4.69) is 5.32 Å². The van der Waals surface area contributed by atoms with Crippen molar-refractivity contribution in [1.29, 1.82) is 0 Å². The van der Waals surface area contributed by atoms with Gasteiger partial charge in [0.15, 0.2) is 0 Å². The Labute approximate surface area is 206 Å². The van der Waals surface area contributed by atoms with Crippen molar-refractivity contribution in [2.24, 2.45) is 5.92 Å². The van der Waals surface area contributed by atoms with E-state index in [4.69, 9.17) is 21.4 Å². The molecule has 4 rings (SSSR count). The minimum absolute atomic E-state index is 0.0498. The van der Waals surface area contributed by atoms with Crippen molar-refractivity contribution in [3.63, 3.8) is 0 Å². The number of halogens is 2. The van der Waals surface area contributed by atoms with Gasteiger partial charge in [0.1, 0.15) is 17.6 Å². The van der Waals surface area contributed by atoms with Gasteiger partial charge in [0.05, 0.1) is 23.9 Å². The van der Waals surface area contributed by atoms with Gasteiger partial charge in [0, 0.05) is 22.9 Å². The van der Waals surface area contributed by atoms with Crippen LogP contribution in [0.4, 0.5) is 10.1 Å². The number of rotatable bonds is 8. The van der Waals surface area contributed by atoms with Gasteiger partial charge >= 0.3 is 5.97 Å². The van der Waals surface area contributed by atoms with E-state index in [1.165, 1.54) is 66.4 Å². The maximum Gasteiger partial charge on any atom is 0.335 e. The van der Waals surface area contributed by atoms with Crippen molar-refractivity contribution in [2.45, 2.75) is 31.7 Å². The van der Waals surface area contributed by atoms with Gasteiger partial charge in [-0.15, -0.1) is 0 Å². The van der Waals surface area contributed by atoms with E-state index < -0.39 is 29.3 Å². The number of carbonyl (C=O) groups excluding carboxylic acids is 1. The van der Waals surface area contributed by atoms with Crippen LogP contribution >= 0.6 is 11.6 Å². The summed E-state index contributed by atoms with van der Waals surface area (Å²) in [7, 11) is 1.40. The first-order valence-electron chi connectivity index (χ1n) is 11.2. The molecule has 1 heterocycles. The molecule has 0 radical (unpaired) electrons. The molecule has 182 valence electrons. The lowest BCUT2D eigenvalue weighted by molar-refractivity contribution is -0.120. The van der Waals surface area contributed by atoms with Crippen LogP contribution in [0.15, 0.2) is 59.5 Å². The third-order valence-corrected chi connectivity index (χ3v) is 6.63. The molecule has 1 unspecified atom stereocenters. The van der Waals surface area contributed by atoms with Gasteiger partial charge in [-0.3, -0.25) is 14.2 Å². The Balaban J connectivity index is 1.71. The highest BCUT2D eigenvalue weighted by atomic mass is 35.5. The summed E-state index contributed by atoms with van der Waals surface area (Å²) in [6.45, 7) is 0. The van der Waals surface area contributed by atoms with E-state index in [9.17, 15) is 18.8 Å². The number of ether oxygens (including phenoxy) is 1. The van der Waals surface area contributed by atoms with E-state index in [-0.39, 0.29) is 27.5 Å². The third kappa shape index (κ3) is 5.22. The number of aromatic nitrogens is 1. The number of nitrogens with zero attached hydrogens (tertiary/aromatic N) is 1. The summed E-state index contributed by atoms with van der Waals surface area (Å²) in [6, 6.07) is 10.4. The first kappa shape index (κ1) is 24.5. The molecular formula is C26H24ClFN2O5. The largest absolute Gasteiger partial charge is 0.495 e. The van der Waals surface area contributed by atoms with E-state index in [0.29, 0.717) is 18.0 Å². The quantitative estimate of drug-likeness (QED) is 0.434. The fraction of sp³-hybridized carbons (Fsp3) is 0.269. The molecule has 7 nitrogen and oxygen atoms in total. The summed E-state index contributed by atoms with van der Waals surface area (Å²) in [5.41, 5.74) is 0.254. The minimum atomic E-state index is -1.07. The van der Waals surface area contributed by atoms with Gasteiger partial charge < -0.3 is 15.2 Å². The number of aromatic carboxylic acids is 1. The van der Waals surface area contributed by atoms with Crippen molar-refractivity contribution in [1.82, 2.24) is 4.57 Å². The molecule has 1 fully saturated rings. The first-order valence-corrected chi connectivity index (χ1v) is 11.5. The number of amides is 1. The van der Waals surface area contributed by atoms with Crippen molar-refractivity contribution in [3.05, 3.63) is 81.5 Å². The number of carboxylic acids is 1. The maximum atomic E-state index is 14.6. The van der Waals surface area contributed by atoms with Crippen molar-refractivity contribution in [2.75, 3.05) is 12.4 Å². The number of anilines is 1. The summed E-state index contributed by atoms with van der Waals surface area (Å²) in [5.74, 6) is -1.59. The molecule has 35 heavy (non-hydrogen) atoms. The van der Waals surface area contributed by atoms with Gasteiger partial charge in [0.2, 0.25) is 5.91 Å². The predicted octanol–water partition coefficient (Wildman–Crippen LogP) is 5.38. The molecule has 1 atom stereocenters. The molecule has 1 aliphatic carbocycles. The zero-order valence-electron chi connectivity index (χ0n) is 19.0. The average Bonchev–Trinajstić information content (AvgIpc) is 2.79. The van der Waals surface area contributed by atoms with Crippen LogP contribution in [-0.4, -0.2) is 28.7 Å². The zero-order valence-corrected chi connectivity index (χ0v) is 19.7. The Morgan fingerprint density at radius 2 is 1.94 bits per heavy atom. The number of carbonyl (C=O) groups is 2. The Morgan fingerprint density at radius 3 is 2.51 bits per heavy atom. The second-order valence-electron chi connectivity index (χ2n) is 8.52. The van der Waals surface area contributed by atoms with Crippen LogP contribution in [0.3, 0.4) is 0 Å². The number of pyridine rings is 1. The number of nitrogens with one attached hydrogen (secondary N) is 1.